The van der Waals surface area contributed by atoms with Crippen molar-refractivity contribution in [3.63, 3.8) is 0 Å². The third kappa shape index (κ3) is 3.57. The number of nitriles is 1. The second-order valence-corrected chi connectivity index (χ2v) is 10.3. The van der Waals surface area contributed by atoms with Crippen molar-refractivity contribution in [2.45, 2.75) is 26.3 Å². The van der Waals surface area contributed by atoms with Gasteiger partial charge < -0.3 is 15.5 Å². The second-order valence-electron chi connectivity index (χ2n) is 9.36. The molecule has 0 saturated carbocycles. The van der Waals surface area contributed by atoms with Crippen molar-refractivity contribution in [1.29, 1.82) is 5.26 Å². The maximum atomic E-state index is 12.2. The minimum atomic E-state index is -0.262. The molecule has 2 N–H and O–H groups in total. The normalized spacial score (nSPS) is 16.5. The van der Waals surface area contributed by atoms with E-state index >= 15 is 0 Å². The van der Waals surface area contributed by atoms with Crippen LogP contribution in [0.2, 0.25) is 0 Å². The van der Waals surface area contributed by atoms with Gasteiger partial charge in [-0.2, -0.15) is 10.4 Å². The van der Waals surface area contributed by atoms with Gasteiger partial charge in [-0.3, -0.25) is 9.78 Å². The van der Waals surface area contributed by atoms with E-state index < -0.39 is 0 Å². The first-order valence-corrected chi connectivity index (χ1v) is 12.3. The fourth-order valence-electron chi connectivity index (χ4n) is 4.74. The number of pyridine rings is 1. The number of carbonyl (C=O) groups excluding carboxylic acids is 1. The van der Waals surface area contributed by atoms with Gasteiger partial charge in [0.05, 0.1) is 39.6 Å². The highest BCUT2D eigenvalue weighted by molar-refractivity contribution is 7.18. The molecule has 0 bridgehead atoms. The summed E-state index contributed by atoms with van der Waals surface area (Å²) in [4.78, 5) is 19.0. The molecule has 0 atom stereocenters. The standard InChI is InChI=1S/C24H23N9OS/c1-14(2)29-18-8-19(20-4-3-16-7-15(9-25)10-28-33(16)20)27-11-17(18)21-30-31-23(35-21)32-12-24(13-32)5-6-26-22(24)34/h3-4,7-8,10-11,14H,5-6,12-13H2,1-2H3,(H,26,34)(H,27,29). The average Bonchev–Trinajstić information content (AvgIpc) is 3.55. The van der Waals surface area contributed by atoms with Crippen LogP contribution < -0.4 is 15.5 Å². The van der Waals surface area contributed by atoms with Gasteiger partial charge in [-0.25, -0.2) is 4.52 Å². The molecule has 6 rings (SSSR count). The molecule has 0 radical (unpaired) electrons. The molecule has 11 heteroatoms. The van der Waals surface area contributed by atoms with Crippen LogP contribution in [0.15, 0.2) is 36.7 Å². The van der Waals surface area contributed by atoms with Crippen molar-refractivity contribution < 1.29 is 4.79 Å². The number of amides is 1. The van der Waals surface area contributed by atoms with Crippen LogP contribution in [0.3, 0.4) is 0 Å². The fourth-order valence-corrected chi connectivity index (χ4v) is 5.61. The van der Waals surface area contributed by atoms with Crippen molar-refractivity contribution in [3.05, 3.63) is 42.2 Å². The van der Waals surface area contributed by atoms with E-state index in [1.165, 1.54) is 11.3 Å². The summed E-state index contributed by atoms with van der Waals surface area (Å²) in [5.74, 6) is 0.151. The van der Waals surface area contributed by atoms with Crippen LogP contribution in [0.25, 0.3) is 27.5 Å². The van der Waals surface area contributed by atoms with E-state index in [9.17, 15) is 4.79 Å². The van der Waals surface area contributed by atoms with Crippen LogP contribution in [-0.4, -0.2) is 56.4 Å². The van der Waals surface area contributed by atoms with Gasteiger partial charge in [-0.15, -0.1) is 10.2 Å². The summed E-state index contributed by atoms with van der Waals surface area (Å²) < 4.78 is 1.78. The Kier molecular flexibility index (Phi) is 4.93. The van der Waals surface area contributed by atoms with Gasteiger partial charge in [0.2, 0.25) is 11.0 Å². The number of nitrogens with zero attached hydrogens (tertiary/aromatic N) is 7. The molecule has 0 aliphatic carbocycles. The molecule has 6 heterocycles. The van der Waals surface area contributed by atoms with Crippen molar-refractivity contribution in [2.24, 2.45) is 5.41 Å². The summed E-state index contributed by atoms with van der Waals surface area (Å²) in [6.45, 7) is 6.29. The van der Waals surface area contributed by atoms with Gasteiger partial charge in [0.1, 0.15) is 6.07 Å². The number of anilines is 2. The van der Waals surface area contributed by atoms with Gasteiger partial charge in [0.25, 0.3) is 0 Å². The molecule has 0 aromatic carbocycles. The maximum absolute atomic E-state index is 12.2. The number of carbonyl (C=O) groups is 1. The Morgan fingerprint density at radius 1 is 1.23 bits per heavy atom. The molecule has 2 aliphatic heterocycles. The van der Waals surface area contributed by atoms with E-state index in [2.05, 4.69) is 50.7 Å². The number of aromatic nitrogens is 5. The first-order chi connectivity index (χ1) is 17.0. The molecular formula is C24H23N9OS. The van der Waals surface area contributed by atoms with E-state index in [0.29, 0.717) is 18.7 Å². The van der Waals surface area contributed by atoms with Gasteiger partial charge in [-0.05, 0) is 44.5 Å². The largest absolute Gasteiger partial charge is 0.382 e. The smallest absolute Gasteiger partial charge is 0.229 e. The van der Waals surface area contributed by atoms with E-state index in [4.69, 9.17) is 10.2 Å². The third-order valence-electron chi connectivity index (χ3n) is 6.51. The molecule has 2 aliphatic rings. The Hall–Kier alpha value is -4.04. The maximum Gasteiger partial charge on any atom is 0.229 e. The minimum absolute atomic E-state index is 0.151. The summed E-state index contributed by atoms with van der Waals surface area (Å²) >= 11 is 1.51. The summed E-state index contributed by atoms with van der Waals surface area (Å²) in [6.07, 6.45) is 4.24. The lowest BCUT2D eigenvalue weighted by Crippen LogP contribution is -2.59. The van der Waals surface area contributed by atoms with Crippen LogP contribution in [-0.2, 0) is 4.79 Å². The first-order valence-electron chi connectivity index (χ1n) is 11.5. The zero-order valence-electron chi connectivity index (χ0n) is 19.3. The molecule has 35 heavy (non-hydrogen) atoms. The number of hydrogen-bond donors (Lipinski definition) is 2. The minimum Gasteiger partial charge on any atom is -0.382 e. The van der Waals surface area contributed by atoms with Crippen LogP contribution in [0.1, 0.15) is 25.8 Å². The molecule has 176 valence electrons. The predicted octanol–water partition coefficient (Wildman–Crippen LogP) is 2.93. The number of rotatable bonds is 5. The van der Waals surface area contributed by atoms with Crippen molar-refractivity contribution in [2.75, 3.05) is 29.9 Å². The van der Waals surface area contributed by atoms with Crippen LogP contribution in [0.5, 0.6) is 0 Å². The Bertz CT molecular complexity index is 1490. The van der Waals surface area contributed by atoms with Gasteiger partial charge in [0.15, 0.2) is 5.01 Å². The number of nitrogens with one attached hydrogen (secondary N) is 2. The Labute approximate surface area is 205 Å². The lowest BCUT2D eigenvalue weighted by molar-refractivity contribution is -0.128. The zero-order valence-corrected chi connectivity index (χ0v) is 20.1. The molecular weight excluding hydrogens is 462 g/mol. The molecule has 4 aromatic heterocycles. The molecule has 0 unspecified atom stereocenters. The lowest BCUT2D eigenvalue weighted by Gasteiger charge is -2.45. The quantitative estimate of drug-likeness (QED) is 0.442. The van der Waals surface area contributed by atoms with Crippen molar-refractivity contribution in [3.8, 4) is 28.0 Å². The molecule has 2 fully saturated rings. The van der Waals surface area contributed by atoms with Crippen LogP contribution in [0, 0.1) is 16.7 Å². The van der Waals surface area contributed by atoms with Gasteiger partial charge in [-0.1, -0.05) is 11.3 Å². The molecule has 10 nitrogen and oxygen atoms in total. The van der Waals surface area contributed by atoms with Crippen molar-refractivity contribution in [1.82, 2.24) is 30.1 Å². The Morgan fingerprint density at radius 2 is 2.09 bits per heavy atom. The SMILES string of the molecule is CC(C)Nc1cc(-c2ccc3cc(C#N)cnn23)ncc1-c1nnc(N2CC3(CCNC3=O)C2)s1. The lowest BCUT2D eigenvalue weighted by atomic mass is 9.79. The summed E-state index contributed by atoms with van der Waals surface area (Å²) in [6, 6.07) is 10.0. The van der Waals surface area contributed by atoms with Crippen LogP contribution in [0.4, 0.5) is 10.8 Å². The highest BCUT2D eigenvalue weighted by Gasteiger charge is 2.52. The van der Waals surface area contributed by atoms with E-state index in [1.54, 1.807) is 16.8 Å². The van der Waals surface area contributed by atoms with E-state index in [1.807, 2.05) is 24.4 Å². The van der Waals surface area contributed by atoms with Crippen molar-refractivity contribution >= 4 is 33.6 Å². The number of fused-ring (bicyclic) bond motifs is 1. The summed E-state index contributed by atoms with van der Waals surface area (Å²) in [5, 5.41) is 30.5. The Balaban J connectivity index is 1.32. The molecule has 4 aromatic rings. The molecule has 1 amide bonds. The van der Waals surface area contributed by atoms with E-state index in [0.717, 1.165) is 51.3 Å². The van der Waals surface area contributed by atoms with Gasteiger partial charge >= 0.3 is 0 Å². The Morgan fingerprint density at radius 3 is 2.83 bits per heavy atom. The summed E-state index contributed by atoms with van der Waals surface area (Å²) in [5.41, 5.74) is 4.47. The predicted molar refractivity (Wildman–Crippen MR) is 133 cm³/mol. The summed E-state index contributed by atoms with van der Waals surface area (Å²) in [7, 11) is 0. The molecule has 2 saturated heterocycles. The fraction of sp³-hybridized carbons (Fsp3) is 0.333. The average molecular weight is 486 g/mol. The van der Waals surface area contributed by atoms with Gasteiger partial charge in [0, 0.05) is 37.6 Å². The second kappa shape index (κ2) is 8.02. The monoisotopic (exact) mass is 485 g/mol. The topological polar surface area (TPSA) is 124 Å². The van der Waals surface area contributed by atoms with E-state index in [-0.39, 0.29) is 17.4 Å². The van der Waals surface area contributed by atoms with Crippen LogP contribution >= 0.6 is 11.3 Å². The number of hydrogen-bond acceptors (Lipinski definition) is 9. The third-order valence-corrected chi connectivity index (χ3v) is 7.53. The highest BCUT2D eigenvalue weighted by atomic mass is 32.1. The zero-order chi connectivity index (χ0) is 24.2. The highest BCUT2D eigenvalue weighted by Crippen LogP contribution is 2.42. The first kappa shape index (κ1) is 21.5. The molecule has 1 spiro atoms.